The fraction of sp³-hybridized carbons (Fsp3) is 0.588. The summed E-state index contributed by atoms with van der Waals surface area (Å²) in [6.07, 6.45) is 2.33. The van der Waals surface area contributed by atoms with E-state index in [-0.39, 0.29) is 25.5 Å². The molecule has 2 N–H and O–H groups in total. The molecule has 0 aliphatic carbocycles. The van der Waals surface area contributed by atoms with Crippen LogP contribution in [0.15, 0.2) is 24.3 Å². The number of rotatable bonds is 5. The number of hydrogen-bond acceptors (Lipinski definition) is 5. The minimum Gasteiger partial charge on any atom is -0.393 e. The summed E-state index contributed by atoms with van der Waals surface area (Å²) in [4.78, 5) is 14.2. The number of nitrogens with zero attached hydrogens (tertiary/aromatic N) is 2. The van der Waals surface area contributed by atoms with Crippen LogP contribution < -0.4 is 4.31 Å². The molecule has 1 unspecified atom stereocenters. The van der Waals surface area contributed by atoms with E-state index in [0.717, 1.165) is 16.1 Å². The first-order chi connectivity index (χ1) is 11.6. The molecule has 7 nitrogen and oxygen atoms in total. The third-order valence-electron chi connectivity index (χ3n) is 4.57. The molecule has 1 fully saturated rings. The molecule has 1 saturated heterocycles. The first-order valence-electron chi connectivity index (χ1n) is 8.30. The van der Waals surface area contributed by atoms with Gasteiger partial charge in [-0.15, -0.1) is 0 Å². The van der Waals surface area contributed by atoms with Crippen LogP contribution in [0.5, 0.6) is 0 Å². The maximum Gasteiger partial charge on any atom is 0.243 e. The molecule has 0 spiro atoms. The molecule has 1 amide bonds. The van der Waals surface area contributed by atoms with E-state index in [2.05, 4.69) is 0 Å². The third kappa shape index (κ3) is 5.17. The summed E-state index contributed by atoms with van der Waals surface area (Å²) in [6.45, 7) is 2.01. The van der Waals surface area contributed by atoms with Crippen LogP contribution in [0, 0.1) is 6.92 Å². The van der Waals surface area contributed by atoms with Gasteiger partial charge in [-0.05, 0) is 38.3 Å². The highest BCUT2D eigenvalue weighted by Crippen LogP contribution is 2.23. The number of carbonyl (C=O) groups excluding carboxylic acids is 1. The summed E-state index contributed by atoms with van der Waals surface area (Å²) in [5, 5.41) is 19.5. The summed E-state index contributed by atoms with van der Waals surface area (Å²) in [5.41, 5.74) is 0.283. The molecule has 140 valence electrons. The molecule has 25 heavy (non-hydrogen) atoms. The van der Waals surface area contributed by atoms with Gasteiger partial charge >= 0.3 is 0 Å². The Morgan fingerprint density at radius 1 is 1.24 bits per heavy atom. The molecule has 1 aromatic rings. The lowest BCUT2D eigenvalue weighted by molar-refractivity contribution is -0.129. The maximum atomic E-state index is 12.6. The average molecular weight is 370 g/mol. The Hall–Kier alpha value is -1.64. The van der Waals surface area contributed by atoms with E-state index in [9.17, 15) is 23.4 Å². The van der Waals surface area contributed by atoms with E-state index in [1.54, 1.807) is 29.2 Å². The zero-order chi connectivity index (χ0) is 18.7. The fourth-order valence-electron chi connectivity index (χ4n) is 2.92. The van der Waals surface area contributed by atoms with Gasteiger partial charge in [0.1, 0.15) is 6.54 Å². The second kappa shape index (κ2) is 7.72. The molecule has 0 aromatic heterocycles. The quantitative estimate of drug-likeness (QED) is 0.786. The SMILES string of the molecule is Cc1ccc(N(CC(=O)N2CCCC(O)(CO)CC2)S(C)(=O)=O)cc1. The van der Waals surface area contributed by atoms with E-state index in [1.165, 1.54) is 0 Å². The zero-order valence-corrected chi connectivity index (χ0v) is 15.5. The van der Waals surface area contributed by atoms with E-state index < -0.39 is 15.6 Å². The highest BCUT2D eigenvalue weighted by molar-refractivity contribution is 7.92. The van der Waals surface area contributed by atoms with Crippen molar-refractivity contribution < 1.29 is 23.4 Å². The molecular weight excluding hydrogens is 344 g/mol. The number of aliphatic hydroxyl groups excluding tert-OH is 1. The summed E-state index contributed by atoms with van der Waals surface area (Å²) < 4.78 is 25.4. The van der Waals surface area contributed by atoms with Crippen molar-refractivity contribution in [3.05, 3.63) is 29.8 Å². The molecule has 8 heteroatoms. The molecule has 1 heterocycles. The third-order valence-corrected chi connectivity index (χ3v) is 5.71. The number of benzene rings is 1. The second-order valence-electron chi connectivity index (χ2n) is 6.72. The van der Waals surface area contributed by atoms with E-state index in [1.807, 2.05) is 6.92 Å². The van der Waals surface area contributed by atoms with Gasteiger partial charge in [-0.1, -0.05) is 17.7 Å². The Kier molecular flexibility index (Phi) is 6.08. The highest BCUT2D eigenvalue weighted by atomic mass is 32.2. The van der Waals surface area contributed by atoms with Crippen LogP contribution in [-0.2, 0) is 14.8 Å². The zero-order valence-electron chi connectivity index (χ0n) is 14.7. The molecular formula is C17H26N2O5S. The van der Waals surface area contributed by atoms with Gasteiger partial charge in [0.05, 0.1) is 24.2 Å². The van der Waals surface area contributed by atoms with Gasteiger partial charge < -0.3 is 15.1 Å². The standard InChI is InChI=1S/C17H26N2O5S/c1-14-4-6-15(7-5-14)19(25(2,23)24)12-16(21)18-10-3-8-17(22,13-20)9-11-18/h4-7,20,22H,3,8-13H2,1-2H3. The minimum absolute atomic E-state index is 0.276. The maximum absolute atomic E-state index is 12.6. The van der Waals surface area contributed by atoms with Crippen molar-refractivity contribution in [3.63, 3.8) is 0 Å². The van der Waals surface area contributed by atoms with Crippen molar-refractivity contribution in [3.8, 4) is 0 Å². The van der Waals surface area contributed by atoms with Gasteiger partial charge in [0.25, 0.3) is 0 Å². The van der Waals surface area contributed by atoms with Gasteiger partial charge in [0.15, 0.2) is 0 Å². The van der Waals surface area contributed by atoms with Crippen LogP contribution in [0.25, 0.3) is 0 Å². The van der Waals surface area contributed by atoms with Crippen LogP contribution in [0.3, 0.4) is 0 Å². The predicted molar refractivity (Wildman–Crippen MR) is 95.8 cm³/mol. The number of aliphatic hydroxyl groups is 2. The monoisotopic (exact) mass is 370 g/mol. The molecule has 1 aromatic carbocycles. The molecule has 0 radical (unpaired) electrons. The Balaban J connectivity index is 2.13. The molecule has 1 atom stereocenters. The van der Waals surface area contributed by atoms with Gasteiger partial charge in [-0.25, -0.2) is 8.42 Å². The normalized spacial score (nSPS) is 21.7. The van der Waals surface area contributed by atoms with E-state index in [0.29, 0.717) is 31.6 Å². The van der Waals surface area contributed by atoms with Crippen molar-refractivity contribution in [1.29, 1.82) is 0 Å². The topological polar surface area (TPSA) is 98.2 Å². The molecule has 2 rings (SSSR count). The first kappa shape index (κ1) is 19.7. The lowest BCUT2D eigenvalue weighted by Crippen LogP contribution is -2.43. The molecule has 0 saturated carbocycles. The highest BCUT2D eigenvalue weighted by Gasteiger charge is 2.32. The van der Waals surface area contributed by atoms with E-state index in [4.69, 9.17) is 0 Å². The van der Waals surface area contributed by atoms with Crippen molar-refractivity contribution in [2.45, 2.75) is 31.8 Å². The largest absolute Gasteiger partial charge is 0.393 e. The Bertz CT molecular complexity index is 704. The lowest BCUT2D eigenvalue weighted by Gasteiger charge is -2.27. The van der Waals surface area contributed by atoms with E-state index >= 15 is 0 Å². The number of likely N-dealkylation sites (tertiary alicyclic amines) is 1. The van der Waals surface area contributed by atoms with Gasteiger partial charge in [0.2, 0.25) is 15.9 Å². The second-order valence-corrected chi connectivity index (χ2v) is 8.63. The number of anilines is 1. The van der Waals surface area contributed by atoms with Crippen molar-refractivity contribution in [2.24, 2.45) is 0 Å². The number of aryl methyl sites for hydroxylation is 1. The van der Waals surface area contributed by atoms with Gasteiger partial charge in [0, 0.05) is 13.1 Å². The van der Waals surface area contributed by atoms with Crippen molar-refractivity contribution in [1.82, 2.24) is 4.90 Å². The van der Waals surface area contributed by atoms with Crippen molar-refractivity contribution in [2.75, 3.05) is 36.8 Å². The first-order valence-corrected chi connectivity index (χ1v) is 10.1. The van der Waals surface area contributed by atoms with Crippen LogP contribution in [0.1, 0.15) is 24.8 Å². The number of carbonyl (C=O) groups is 1. The predicted octanol–water partition coefficient (Wildman–Crippen LogP) is 0.497. The Morgan fingerprint density at radius 3 is 2.44 bits per heavy atom. The minimum atomic E-state index is -3.60. The van der Waals surface area contributed by atoms with Crippen LogP contribution >= 0.6 is 0 Å². The smallest absolute Gasteiger partial charge is 0.243 e. The number of hydrogen-bond donors (Lipinski definition) is 2. The fourth-order valence-corrected chi connectivity index (χ4v) is 3.77. The van der Waals surface area contributed by atoms with Crippen LogP contribution in [0.2, 0.25) is 0 Å². The summed E-state index contributed by atoms with van der Waals surface area (Å²) in [7, 11) is -3.60. The van der Waals surface area contributed by atoms with Crippen LogP contribution in [0.4, 0.5) is 5.69 Å². The van der Waals surface area contributed by atoms with Crippen molar-refractivity contribution >= 4 is 21.6 Å². The molecule has 1 aliphatic heterocycles. The summed E-state index contributed by atoms with van der Waals surface area (Å²) in [6, 6.07) is 6.95. The number of sulfonamides is 1. The number of amides is 1. The lowest BCUT2D eigenvalue weighted by atomic mass is 9.96. The molecule has 1 aliphatic rings. The molecule has 0 bridgehead atoms. The Labute approximate surface area is 148 Å². The summed E-state index contributed by atoms with van der Waals surface area (Å²) >= 11 is 0. The Morgan fingerprint density at radius 2 is 1.88 bits per heavy atom. The summed E-state index contributed by atoms with van der Waals surface area (Å²) in [5.74, 6) is -0.312. The van der Waals surface area contributed by atoms with Gasteiger partial charge in [-0.3, -0.25) is 9.10 Å². The average Bonchev–Trinajstić information content (AvgIpc) is 2.75. The van der Waals surface area contributed by atoms with Crippen LogP contribution in [-0.4, -0.2) is 67.5 Å². The van der Waals surface area contributed by atoms with Gasteiger partial charge in [-0.2, -0.15) is 0 Å².